The van der Waals surface area contributed by atoms with E-state index in [2.05, 4.69) is 44.0 Å². The minimum atomic E-state index is 0.501. The average molecular weight is 308 g/mol. The Bertz CT molecular complexity index is 246. The summed E-state index contributed by atoms with van der Waals surface area (Å²) in [4.78, 5) is 0.501. The summed E-state index contributed by atoms with van der Waals surface area (Å²) >= 11 is 7.00. The molecule has 0 aromatic heterocycles. The van der Waals surface area contributed by atoms with E-state index in [1.165, 1.54) is 5.56 Å². The highest BCUT2D eigenvalue weighted by molar-refractivity contribution is 9.12. The van der Waals surface area contributed by atoms with Gasteiger partial charge in [-0.2, -0.15) is 0 Å². The van der Waals surface area contributed by atoms with Crippen molar-refractivity contribution in [2.24, 2.45) is 0 Å². The maximum atomic E-state index is 5.08. The van der Waals surface area contributed by atoms with Crippen molar-refractivity contribution < 1.29 is 4.74 Å². The van der Waals surface area contributed by atoms with Crippen molar-refractivity contribution in [2.45, 2.75) is 11.2 Å². The van der Waals surface area contributed by atoms with Crippen LogP contribution in [0.3, 0.4) is 0 Å². The zero-order valence-electron chi connectivity index (χ0n) is 7.47. The number of hydrogen-bond acceptors (Lipinski definition) is 1. The standard InChI is InChI=1S/C10H12Br2O/c1-13-10-4-2-8(3-5-10)6-9(12)7-11/h2-5,9H,6-7H2,1H3. The molecule has 1 unspecified atom stereocenters. The van der Waals surface area contributed by atoms with Gasteiger partial charge >= 0.3 is 0 Å². The van der Waals surface area contributed by atoms with E-state index in [-0.39, 0.29) is 0 Å². The molecular formula is C10H12Br2O. The molecule has 0 heterocycles. The lowest BCUT2D eigenvalue weighted by atomic mass is 10.1. The van der Waals surface area contributed by atoms with Crippen LogP contribution in [0.25, 0.3) is 0 Å². The van der Waals surface area contributed by atoms with Crippen molar-refractivity contribution in [3.8, 4) is 5.75 Å². The van der Waals surface area contributed by atoms with Crippen LogP contribution >= 0.6 is 31.9 Å². The molecular weight excluding hydrogens is 296 g/mol. The number of hydrogen-bond donors (Lipinski definition) is 0. The number of methoxy groups -OCH3 is 1. The molecule has 0 aliphatic rings. The van der Waals surface area contributed by atoms with Crippen molar-refractivity contribution in [1.29, 1.82) is 0 Å². The van der Waals surface area contributed by atoms with Crippen LogP contribution in [0, 0.1) is 0 Å². The molecule has 0 saturated carbocycles. The van der Waals surface area contributed by atoms with Gasteiger partial charge in [-0.05, 0) is 24.1 Å². The van der Waals surface area contributed by atoms with Crippen molar-refractivity contribution in [2.75, 3.05) is 12.4 Å². The van der Waals surface area contributed by atoms with Crippen LogP contribution in [-0.4, -0.2) is 17.3 Å². The first kappa shape index (κ1) is 11.1. The Morgan fingerprint density at radius 2 is 1.92 bits per heavy atom. The molecule has 1 atom stereocenters. The number of halogens is 2. The summed E-state index contributed by atoms with van der Waals surface area (Å²) in [7, 11) is 1.68. The molecule has 0 N–H and O–H groups in total. The lowest BCUT2D eigenvalue weighted by molar-refractivity contribution is 0.414. The van der Waals surface area contributed by atoms with E-state index < -0.39 is 0 Å². The van der Waals surface area contributed by atoms with Crippen molar-refractivity contribution >= 4 is 31.9 Å². The van der Waals surface area contributed by atoms with Gasteiger partial charge in [0.25, 0.3) is 0 Å². The predicted molar refractivity (Wildman–Crippen MR) is 63.2 cm³/mol. The molecule has 0 aliphatic carbocycles. The van der Waals surface area contributed by atoms with Gasteiger partial charge in [0, 0.05) is 10.2 Å². The summed E-state index contributed by atoms with van der Waals surface area (Å²) in [5.74, 6) is 0.911. The van der Waals surface area contributed by atoms with Crippen LogP contribution in [-0.2, 0) is 6.42 Å². The van der Waals surface area contributed by atoms with Gasteiger partial charge in [-0.15, -0.1) is 0 Å². The zero-order chi connectivity index (χ0) is 9.68. The summed E-state index contributed by atoms with van der Waals surface area (Å²) in [6.45, 7) is 0. The van der Waals surface area contributed by atoms with Crippen molar-refractivity contribution in [1.82, 2.24) is 0 Å². The highest BCUT2D eigenvalue weighted by atomic mass is 79.9. The number of benzene rings is 1. The predicted octanol–water partition coefficient (Wildman–Crippen LogP) is 3.40. The summed E-state index contributed by atoms with van der Waals surface area (Å²) in [6.07, 6.45) is 1.04. The minimum absolute atomic E-state index is 0.501. The van der Waals surface area contributed by atoms with Gasteiger partial charge in [-0.1, -0.05) is 44.0 Å². The van der Waals surface area contributed by atoms with E-state index in [0.29, 0.717) is 4.83 Å². The van der Waals surface area contributed by atoms with Crippen molar-refractivity contribution in [3.63, 3.8) is 0 Å². The molecule has 1 aromatic carbocycles. The summed E-state index contributed by atoms with van der Waals surface area (Å²) in [6, 6.07) is 8.16. The largest absolute Gasteiger partial charge is 0.497 e. The second-order valence-electron chi connectivity index (χ2n) is 2.80. The fraction of sp³-hybridized carbons (Fsp3) is 0.400. The lowest BCUT2D eigenvalue weighted by Crippen LogP contribution is -2.03. The van der Waals surface area contributed by atoms with E-state index in [4.69, 9.17) is 4.74 Å². The van der Waals surface area contributed by atoms with Crippen LogP contribution in [0.5, 0.6) is 5.75 Å². The number of ether oxygens (including phenoxy) is 1. The van der Waals surface area contributed by atoms with E-state index in [9.17, 15) is 0 Å². The monoisotopic (exact) mass is 306 g/mol. The van der Waals surface area contributed by atoms with Crippen molar-refractivity contribution in [3.05, 3.63) is 29.8 Å². The number of alkyl halides is 2. The molecule has 1 rings (SSSR count). The molecule has 0 spiro atoms. The molecule has 0 fully saturated rings. The van der Waals surface area contributed by atoms with Crippen LogP contribution in [0.1, 0.15) is 5.56 Å². The number of rotatable bonds is 4. The van der Waals surface area contributed by atoms with E-state index in [1.807, 2.05) is 12.1 Å². The topological polar surface area (TPSA) is 9.23 Å². The smallest absolute Gasteiger partial charge is 0.118 e. The van der Waals surface area contributed by atoms with Gasteiger partial charge in [0.05, 0.1) is 7.11 Å². The second kappa shape index (κ2) is 5.66. The maximum absolute atomic E-state index is 5.08. The summed E-state index contributed by atoms with van der Waals surface area (Å²) in [5, 5.41) is 0.971. The molecule has 0 bridgehead atoms. The van der Waals surface area contributed by atoms with Crippen LogP contribution in [0.4, 0.5) is 0 Å². The van der Waals surface area contributed by atoms with Crippen LogP contribution < -0.4 is 4.74 Å². The third-order valence-corrected chi connectivity index (χ3v) is 4.08. The minimum Gasteiger partial charge on any atom is -0.497 e. The van der Waals surface area contributed by atoms with Gasteiger partial charge in [-0.3, -0.25) is 0 Å². The first-order valence-electron chi connectivity index (χ1n) is 4.09. The van der Waals surface area contributed by atoms with E-state index in [0.717, 1.165) is 17.5 Å². The third-order valence-electron chi connectivity index (χ3n) is 1.78. The first-order valence-corrected chi connectivity index (χ1v) is 6.13. The molecule has 1 aromatic rings. The Labute approximate surface area is 95.7 Å². The molecule has 1 nitrogen and oxygen atoms in total. The van der Waals surface area contributed by atoms with Gasteiger partial charge in [0.1, 0.15) is 5.75 Å². The fourth-order valence-electron chi connectivity index (χ4n) is 1.07. The van der Waals surface area contributed by atoms with E-state index >= 15 is 0 Å². The third kappa shape index (κ3) is 3.69. The molecule has 3 heteroatoms. The average Bonchev–Trinajstić information content (AvgIpc) is 2.19. The highest BCUT2D eigenvalue weighted by Gasteiger charge is 2.02. The molecule has 0 amide bonds. The first-order chi connectivity index (χ1) is 6.26. The summed E-state index contributed by atoms with van der Waals surface area (Å²) in [5.41, 5.74) is 1.32. The Hall–Kier alpha value is -0.0200. The summed E-state index contributed by atoms with van der Waals surface area (Å²) < 4.78 is 5.08. The highest BCUT2D eigenvalue weighted by Crippen LogP contribution is 2.16. The zero-order valence-corrected chi connectivity index (χ0v) is 10.6. The Morgan fingerprint density at radius 3 is 2.38 bits per heavy atom. The molecule has 0 aliphatic heterocycles. The van der Waals surface area contributed by atoms with Gasteiger partial charge in [-0.25, -0.2) is 0 Å². The van der Waals surface area contributed by atoms with Crippen LogP contribution in [0.15, 0.2) is 24.3 Å². The van der Waals surface area contributed by atoms with Gasteiger partial charge in [0.15, 0.2) is 0 Å². The van der Waals surface area contributed by atoms with Gasteiger partial charge in [0.2, 0.25) is 0 Å². The molecule has 0 saturated heterocycles. The van der Waals surface area contributed by atoms with E-state index in [1.54, 1.807) is 7.11 Å². The molecule has 0 radical (unpaired) electrons. The molecule has 72 valence electrons. The van der Waals surface area contributed by atoms with Crippen LogP contribution in [0.2, 0.25) is 0 Å². The SMILES string of the molecule is COc1ccc(CC(Br)CBr)cc1. The second-order valence-corrected chi connectivity index (χ2v) is 4.75. The quantitative estimate of drug-likeness (QED) is 0.775. The van der Waals surface area contributed by atoms with Gasteiger partial charge < -0.3 is 4.74 Å². The Balaban J connectivity index is 2.58. The Morgan fingerprint density at radius 1 is 1.31 bits per heavy atom. The molecule has 13 heavy (non-hydrogen) atoms. The Kier molecular flexibility index (Phi) is 4.81. The lowest BCUT2D eigenvalue weighted by Gasteiger charge is -2.06. The normalized spacial score (nSPS) is 12.5. The fourth-order valence-corrected chi connectivity index (χ4v) is 1.67. The maximum Gasteiger partial charge on any atom is 0.118 e.